The normalized spacial score (nSPS) is 20.8. The number of rotatable bonds is 3. The van der Waals surface area contributed by atoms with E-state index in [1.807, 2.05) is 0 Å². The molecule has 2 N–H and O–H groups in total. The number of ether oxygens (including phenoxy) is 1. The summed E-state index contributed by atoms with van der Waals surface area (Å²) >= 11 is 0. The molecule has 0 heterocycles. The Morgan fingerprint density at radius 1 is 1.58 bits per heavy atom. The number of hydrogen-bond donors (Lipinski definition) is 1. The molecule has 0 unspecified atom stereocenters. The molecule has 1 rings (SSSR count). The molecule has 0 aromatic rings. The van der Waals surface area contributed by atoms with Crippen LogP contribution in [0.4, 0.5) is 0 Å². The van der Waals surface area contributed by atoms with Crippen molar-refractivity contribution in [1.82, 2.24) is 0 Å². The lowest BCUT2D eigenvalue weighted by Crippen LogP contribution is -2.29. The molecule has 0 radical (unpaired) electrons. The van der Waals surface area contributed by atoms with Gasteiger partial charge in [-0.15, -0.1) is 0 Å². The van der Waals surface area contributed by atoms with Crippen LogP contribution in [0.3, 0.4) is 0 Å². The van der Waals surface area contributed by atoms with E-state index in [0.29, 0.717) is 12.5 Å². The third kappa shape index (κ3) is 2.81. The molecule has 1 saturated carbocycles. The van der Waals surface area contributed by atoms with Gasteiger partial charge in [-0.1, -0.05) is 12.8 Å². The summed E-state index contributed by atoms with van der Waals surface area (Å²) < 4.78 is 5.02. The lowest BCUT2D eigenvalue weighted by Gasteiger charge is -2.11. The van der Waals surface area contributed by atoms with Gasteiger partial charge in [0.2, 0.25) is 0 Å². The van der Waals surface area contributed by atoms with Gasteiger partial charge >= 0.3 is 5.97 Å². The van der Waals surface area contributed by atoms with Crippen molar-refractivity contribution in [3.8, 4) is 0 Å². The summed E-state index contributed by atoms with van der Waals surface area (Å²) in [4.78, 5) is 11.0. The highest BCUT2D eigenvalue weighted by Gasteiger charge is 2.17. The highest BCUT2D eigenvalue weighted by Crippen LogP contribution is 2.24. The predicted octanol–water partition coefficient (Wildman–Crippen LogP) is 1.07. The molecule has 0 saturated heterocycles. The maximum atomic E-state index is 11.0. The van der Waals surface area contributed by atoms with Crippen molar-refractivity contribution in [2.45, 2.75) is 38.6 Å². The molecule has 0 amide bonds. The first-order valence-corrected chi connectivity index (χ1v) is 4.62. The quantitative estimate of drug-likeness (QED) is 0.646. The maximum absolute atomic E-state index is 11.0. The fourth-order valence-electron chi connectivity index (χ4n) is 1.51. The number of nitrogens with two attached hydrogens (primary N) is 1. The molecule has 1 atom stereocenters. The van der Waals surface area contributed by atoms with E-state index in [2.05, 4.69) is 0 Å². The van der Waals surface area contributed by atoms with Crippen LogP contribution >= 0.6 is 0 Å². The van der Waals surface area contributed by atoms with Crippen LogP contribution in [0.15, 0.2) is 0 Å². The first kappa shape index (κ1) is 9.52. The molecule has 3 heteroatoms. The molecule has 0 aliphatic heterocycles. The van der Waals surface area contributed by atoms with Gasteiger partial charge in [-0.3, -0.25) is 4.79 Å². The van der Waals surface area contributed by atoms with Crippen molar-refractivity contribution in [2.24, 2.45) is 11.7 Å². The van der Waals surface area contributed by atoms with Gasteiger partial charge in [0.15, 0.2) is 0 Å². The minimum Gasteiger partial charge on any atom is -0.464 e. The first-order chi connectivity index (χ1) is 5.70. The van der Waals surface area contributed by atoms with E-state index in [-0.39, 0.29) is 5.97 Å². The number of carbonyl (C=O) groups is 1. The zero-order valence-electron chi connectivity index (χ0n) is 7.58. The van der Waals surface area contributed by atoms with Crippen molar-refractivity contribution in [1.29, 1.82) is 0 Å². The number of hydrogen-bond acceptors (Lipinski definition) is 3. The van der Waals surface area contributed by atoms with E-state index in [0.717, 1.165) is 0 Å². The second-order valence-electron chi connectivity index (χ2n) is 3.57. The molecule has 3 nitrogen and oxygen atoms in total. The van der Waals surface area contributed by atoms with Gasteiger partial charge in [-0.2, -0.15) is 0 Å². The summed E-state index contributed by atoms with van der Waals surface area (Å²) in [5, 5.41) is 0. The highest BCUT2D eigenvalue weighted by molar-refractivity contribution is 5.74. The minimum atomic E-state index is -0.480. The van der Waals surface area contributed by atoms with E-state index in [4.69, 9.17) is 10.5 Å². The third-order valence-corrected chi connectivity index (χ3v) is 2.31. The second-order valence-corrected chi connectivity index (χ2v) is 3.57. The van der Waals surface area contributed by atoms with Crippen molar-refractivity contribution >= 4 is 5.97 Å². The van der Waals surface area contributed by atoms with Crippen LogP contribution in [0.25, 0.3) is 0 Å². The summed E-state index contributed by atoms with van der Waals surface area (Å²) in [7, 11) is 0. The smallest absolute Gasteiger partial charge is 0.322 e. The Labute approximate surface area is 73.3 Å². The standard InChI is InChI=1S/C9H17NO2/c1-7(10)9(11)12-6-8-4-2-3-5-8/h7-8H,2-6,10H2,1H3/t7-/m0/s1. The minimum absolute atomic E-state index is 0.276. The molecular formula is C9H17NO2. The molecule has 1 aliphatic rings. The summed E-state index contributed by atoms with van der Waals surface area (Å²) in [6, 6.07) is -0.480. The Morgan fingerprint density at radius 2 is 2.17 bits per heavy atom. The Balaban J connectivity index is 2.12. The molecule has 0 bridgehead atoms. The zero-order chi connectivity index (χ0) is 8.97. The van der Waals surface area contributed by atoms with Crippen LogP contribution in [0, 0.1) is 5.92 Å². The molecule has 70 valence electrons. The Bertz CT molecular complexity index is 151. The summed E-state index contributed by atoms with van der Waals surface area (Å²) in [5.41, 5.74) is 5.35. The summed E-state index contributed by atoms with van der Waals surface area (Å²) in [6.07, 6.45) is 4.96. The van der Waals surface area contributed by atoms with E-state index in [1.54, 1.807) is 6.92 Å². The Hall–Kier alpha value is -0.570. The summed E-state index contributed by atoms with van der Waals surface area (Å²) in [6.45, 7) is 2.22. The van der Waals surface area contributed by atoms with Crippen molar-refractivity contribution in [2.75, 3.05) is 6.61 Å². The molecule has 12 heavy (non-hydrogen) atoms. The lowest BCUT2D eigenvalue weighted by atomic mass is 10.1. The third-order valence-electron chi connectivity index (χ3n) is 2.31. The van der Waals surface area contributed by atoms with Crippen LogP contribution in [0.2, 0.25) is 0 Å². The van der Waals surface area contributed by atoms with E-state index in [1.165, 1.54) is 25.7 Å². The number of esters is 1. The number of carbonyl (C=O) groups excluding carboxylic acids is 1. The molecule has 1 fully saturated rings. The SMILES string of the molecule is C[C@H](N)C(=O)OCC1CCCC1. The van der Waals surface area contributed by atoms with Gasteiger partial charge in [0.05, 0.1) is 6.61 Å². The van der Waals surface area contributed by atoms with Crippen molar-refractivity contribution < 1.29 is 9.53 Å². The van der Waals surface area contributed by atoms with Crippen molar-refractivity contribution in [3.63, 3.8) is 0 Å². The van der Waals surface area contributed by atoms with Crippen LogP contribution < -0.4 is 5.73 Å². The largest absolute Gasteiger partial charge is 0.464 e. The highest BCUT2D eigenvalue weighted by atomic mass is 16.5. The van der Waals surface area contributed by atoms with E-state index in [9.17, 15) is 4.79 Å². The topological polar surface area (TPSA) is 52.3 Å². The van der Waals surface area contributed by atoms with Gasteiger partial charge in [0, 0.05) is 0 Å². The van der Waals surface area contributed by atoms with Gasteiger partial charge < -0.3 is 10.5 Å². The van der Waals surface area contributed by atoms with Crippen molar-refractivity contribution in [3.05, 3.63) is 0 Å². The monoisotopic (exact) mass is 171 g/mol. The van der Waals surface area contributed by atoms with Gasteiger partial charge in [-0.25, -0.2) is 0 Å². The summed E-state index contributed by atoms with van der Waals surface area (Å²) in [5.74, 6) is 0.314. The van der Waals surface area contributed by atoms with E-state index < -0.39 is 6.04 Å². The van der Waals surface area contributed by atoms with Gasteiger partial charge in [-0.05, 0) is 25.7 Å². The molecule has 0 spiro atoms. The fraction of sp³-hybridized carbons (Fsp3) is 0.889. The molecule has 0 aromatic carbocycles. The second kappa shape index (κ2) is 4.45. The zero-order valence-corrected chi connectivity index (χ0v) is 7.58. The molecule has 1 aliphatic carbocycles. The predicted molar refractivity (Wildman–Crippen MR) is 46.6 cm³/mol. The van der Waals surface area contributed by atoms with E-state index >= 15 is 0 Å². The Kier molecular flexibility index (Phi) is 3.53. The van der Waals surface area contributed by atoms with Gasteiger partial charge in [0.25, 0.3) is 0 Å². The van der Waals surface area contributed by atoms with Crippen LogP contribution in [0.5, 0.6) is 0 Å². The first-order valence-electron chi connectivity index (χ1n) is 4.62. The van der Waals surface area contributed by atoms with Gasteiger partial charge in [0.1, 0.15) is 6.04 Å². The van der Waals surface area contributed by atoms with Crippen LogP contribution in [0.1, 0.15) is 32.6 Å². The average molecular weight is 171 g/mol. The fourth-order valence-corrected chi connectivity index (χ4v) is 1.51. The Morgan fingerprint density at radius 3 is 2.67 bits per heavy atom. The molecular weight excluding hydrogens is 154 g/mol. The average Bonchev–Trinajstić information content (AvgIpc) is 2.51. The molecule has 0 aromatic heterocycles. The maximum Gasteiger partial charge on any atom is 0.322 e. The lowest BCUT2D eigenvalue weighted by molar-refractivity contribution is -0.146. The van der Waals surface area contributed by atoms with Crippen LogP contribution in [-0.2, 0) is 9.53 Å². The van der Waals surface area contributed by atoms with Crippen LogP contribution in [-0.4, -0.2) is 18.6 Å².